The van der Waals surface area contributed by atoms with Crippen molar-refractivity contribution in [3.63, 3.8) is 0 Å². The fraction of sp³-hybridized carbons (Fsp3) is 0.500. The van der Waals surface area contributed by atoms with Gasteiger partial charge in [0.15, 0.2) is 0 Å². The highest BCUT2D eigenvalue weighted by molar-refractivity contribution is 5.85. The average Bonchev–Trinajstić information content (AvgIpc) is 2.83. The molecule has 0 radical (unpaired) electrons. The molecule has 1 saturated heterocycles. The van der Waals surface area contributed by atoms with Gasteiger partial charge in [0.25, 0.3) is 0 Å². The lowest BCUT2D eigenvalue weighted by Crippen LogP contribution is -2.34. The highest BCUT2D eigenvalue weighted by atomic mass is 35.5. The van der Waals surface area contributed by atoms with E-state index in [0.717, 1.165) is 18.7 Å². The van der Waals surface area contributed by atoms with E-state index in [0.29, 0.717) is 6.42 Å². The zero-order chi connectivity index (χ0) is 11.9. The van der Waals surface area contributed by atoms with Crippen molar-refractivity contribution in [3.05, 3.63) is 35.9 Å². The topological polar surface area (TPSA) is 32.3 Å². The molecule has 0 saturated carbocycles. The van der Waals surface area contributed by atoms with Crippen LogP contribution in [0.15, 0.2) is 30.3 Å². The van der Waals surface area contributed by atoms with Crippen LogP contribution in [-0.2, 0) is 11.2 Å². The van der Waals surface area contributed by atoms with Crippen LogP contribution >= 0.6 is 12.4 Å². The summed E-state index contributed by atoms with van der Waals surface area (Å²) >= 11 is 0. The second kappa shape index (κ2) is 8.11. The molecule has 1 aromatic rings. The Kier molecular flexibility index (Phi) is 6.76. The molecular formula is C14H21ClN2O. The van der Waals surface area contributed by atoms with Crippen LogP contribution in [-0.4, -0.2) is 37.0 Å². The maximum atomic E-state index is 11.7. The molecule has 4 heteroatoms. The first kappa shape index (κ1) is 15.0. The third kappa shape index (κ3) is 5.07. The number of halogens is 1. The third-order valence-electron chi connectivity index (χ3n) is 3.16. The van der Waals surface area contributed by atoms with E-state index in [-0.39, 0.29) is 18.3 Å². The maximum absolute atomic E-state index is 11.7. The van der Waals surface area contributed by atoms with Crippen molar-refractivity contribution < 1.29 is 4.79 Å². The number of nitrogens with zero attached hydrogens (tertiary/aromatic N) is 1. The number of likely N-dealkylation sites (tertiary alicyclic amines) is 1. The predicted molar refractivity (Wildman–Crippen MR) is 76.1 cm³/mol. The smallest absolute Gasteiger partial charge is 0.224 e. The molecule has 1 fully saturated rings. The lowest BCUT2D eigenvalue weighted by atomic mass is 10.1. The predicted octanol–water partition coefficient (Wildman–Crippen LogP) is 1.86. The Balaban J connectivity index is 0.00000162. The zero-order valence-corrected chi connectivity index (χ0v) is 11.4. The van der Waals surface area contributed by atoms with Crippen LogP contribution in [0.25, 0.3) is 0 Å². The SMILES string of the molecule is Cl.O=C(Cc1ccccc1)NCCN1CCCC1. The van der Waals surface area contributed by atoms with Crippen LogP contribution in [0.1, 0.15) is 18.4 Å². The molecule has 0 aliphatic carbocycles. The maximum Gasteiger partial charge on any atom is 0.224 e. The van der Waals surface area contributed by atoms with Gasteiger partial charge in [-0.3, -0.25) is 4.79 Å². The molecule has 0 unspecified atom stereocenters. The average molecular weight is 269 g/mol. The molecule has 3 nitrogen and oxygen atoms in total. The number of hydrogen-bond donors (Lipinski definition) is 1. The quantitative estimate of drug-likeness (QED) is 0.884. The Morgan fingerprint density at radius 1 is 1.17 bits per heavy atom. The Bertz CT molecular complexity index is 350. The summed E-state index contributed by atoms with van der Waals surface area (Å²) in [4.78, 5) is 14.1. The van der Waals surface area contributed by atoms with Gasteiger partial charge in [-0.2, -0.15) is 0 Å². The molecule has 1 amide bonds. The summed E-state index contributed by atoms with van der Waals surface area (Å²) in [5.41, 5.74) is 1.08. The highest BCUT2D eigenvalue weighted by Gasteiger charge is 2.11. The molecule has 18 heavy (non-hydrogen) atoms. The summed E-state index contributed by atoms with van der Waals surface area (Å²) in [6, 6.07) is 9.87. The molecule has 0 bridgehead atoms. The van der Waals surface area contributed by atoms with E-state index in [9.17, 15) is 4.79 Å². The summed E-state index contributed by atoms with van der Waals surface area (Å²) in [5.74, 6) is 0.121. The second-order valence-corrected chi connectivity index (χ2v) is 4.56. The standard InChI is InChI=1S/C14H20N2O.ClH/c17-14(12-13-6-2-1-3-7-13)15-8-11-16-9-4-5-10-16;/h1-3,6-7H,4-5,8-12H2,(H,15,17);1H. The van der Waals surface area contributed by atoms with Crippen molar-refractivity contribution in [1.82, 2.24) is 10.2 Å². The van der Waals surface area contributed by atoms with E-state index in [1.165, 1.54) is 25.9 Å². The minimum Gasteiger partial charge on any atom is -0.355 e. The van der Waals surface area contributed by atoms with E-state index in [1.54, 1.807) is 0 Å². The molecule has 1 aliphatic rings. The molecule has 1 N–H and O–H groups in total. The van der Waals surface area contributed by atoms with Crippen LogP contribution in [0, 0.1) is 0 Å². The molecule has 1 aromatic carbocycles. The van der Waals surface area contributed by atoms with Crippen LogP contribution in [0.3, 0.4) is 0 Å². The summed E-state index contributed by atoms with van der Waals surface area (Å²) in [6.45, 7) is 4.13. The van der Waals surface area contributed by atoms with Gasteiger partial charge in [-0.1, -0.05) is 30.3 Å². The van der Waals surface area contributed by atoms with Crippen molar-refractivity contribution >= 4 is 18.3 Å². The summed E-state index contributed by atoms with van der Waals surface area (Å²) in [7, 11) is 0. The van der Waals surface area contributed by atoms with Crippen LogP contribution in [0.2, 0.25) is 0 Å². The number of rotatable bonds is 5. The van der Waals surface area contributed by atoms with Crippen LogP contribution in [0.5, 0.6) is 0 Å². The first-order valence-corrected chi connectivity index (χ1v) is 6.37. The van der Waals surface area contributed by atoms with Crippen molar-refractivity contribution in [2.45, 2.75) is 19.3 Å². The molecule has 0 atom stereocenters. The summed E-state index contributed by atoms with van der Waals surface area (Å²) in [6.07, 6.45) is 3.09. The van der Waals surface area contributed by atoms with Gasteiger partial charge in [-0.15, -0.1) is 12.4 Å². The molecular weight excluding hydrogens is 248 g/mol. The van der Waals surface area contributed by atoms with Crippen molar-refractivity contribution in [3.8, 4) is 0 Å². The van der Waals surface area contributed by atoms with E-state index in [4.69, 9.17) is 0 Å². The van der Waals surface area contributed by atoms with Crippen LogP contribution in [0.4, 0.5) is 0 Å². The monoisotopic (exact) mass is 268 g/mol. The minimum atomic E-state index is 0. The molecule has 2 rings (SSSR count). The molecule has 1 heterocycles. The van der Waals surface area contributed by atoms with Gasteiger partial charge in [0.2, 0.25) is 5.91 Å². The van der Waals surface area contributed by atoms with E-state index < -0.39 is 0 Å². The number of benzene rings is 1. The molecule has 100 valence electrons. The number of amides is 1. The second-order valence-electron chi connectivity index (χ2n) is 4.56. The van der Waals surface area contributed by atoms with E-state index in [1.807, 2.05) is 30.3 Å². The normalized spacial score (nSPS) is 15.1. The fourth-order valence-electron chi connectivity index (χ4n) is 2.20. The Hall–Kier alpha value is -1.06. The third-order valence-corrected chi connectivity index (χ3v) is 3.16. The number of hydrogen-bond acceptors (Lipinski definition) is 2. The fourth-order valence-corrected chi connectivity index (χ4v) is 2.20. The highest BCUT2D eigenvalue weighted by Crippen LogP contribution is 2.05. The van der Waals surface area contributed by atoms with Crippen LogP contribution < -0.4 is 5.32 Å². The van der Waals surface area contributed by atoms with Gasteiger partial charge >= 0.3 is 0 Å². The lowest BCUT2D eigenvalue weighted by molar-refractivity contribution is -0.120. The first-order valence-electron chi connectivity index (χ1n) is 6.37. The molecule has 0 spiro atoms. The zero-order valence-electron chi connectivity index (χ0n) is 10.6. The Morgan fingerprint density at radius 3 is 2.50 bits per heavy atom. The van der Waals surface area contributed by atoms with Gasteiger partial charge in [0.1, 0.15) is 0 Å². The first-order chi connectivity index (χ1) is 8.34. The van der Waals surface area contributed by atoms with Crippen molar-refractivity contribution in [2.75, 3.05) is 26.2 Å². The molecule has 1 aliphatic heterocycles. The Labute approximate surface area is 115 Å². The largest absolute Gasteiger partial charge is 0.355 e. The van der Waals surface area contributed by atoms with Gasteiger partial charge in [-0.05, 0) is 31.5 Å². The van der Waals surface area contributed by atoms with E-state index >= 15 is 0 Å². The lowest BCUT2D eigenvalue weighted by Gasteiger charge is -2.14. The van der Waals surface area contributed by atoms with Gasteiger partial charge in [0, 0.05) is 13.1 Å². The summed E-state index contributed by atoms with van der Waals surface area (Å²) in [5, 5.41) is 2.98. The van der Waals surface area contributed by atoms with Crippen molar-refractivity contribution in [2.24, 2.45) is 0 Å². The summed E-state index contributed by atoms with van der Waals surface area (Å²) < 4.78 is 0. The molecule has 0 aromatic heterocycles. The number of nitrogens with one attached hydrogen (secondary N) is 1. The van der Waals surface area contributed by atoms with E-state index in [2.05, 4.69) is 10.2 Å². The van der Waals surface area contributed by atoms with Crippen molar-refractivity contribution in [1.29, 1.82) is 0 Å². The Morgan fingerprint density at radius 2 is 1.83 bits per heavy atom. The number of carbonyl (C=O) groups excluding carboxylic acids is 1. The van der Waals surface area contributed by atoms with Gasteiger partial charge < -0.3 is 10.2 Å². The van der Waals surface area contributed by atoms with Gasteiger partial charge in [-0.25, -0.2) is 0 Å². The minimum absolute atomic E-state index is 0. The van der Waals surface area contributed by atoms with Gasteiger partial charge in [0.05, 0.1) is 6.42 Å². The number of carbonyl (C=O) groups is 1.